The molecule has 7 nitrogen and oxygen atoms in total. The summed E-state index contributed by atoms with van der Waals surface area (Å²) in [7, 11) is -3.98. The lowest BCUT2D eigenvalue weighted by atomic mass is 9.87. The Bertz CT molecular complexity index is 1250. The minimum Gasteiger partial charge on any atom is -0.379 e. The Morgan fingerprint density at radius 3 is 2.31 bits per heavy atom. The highest BCUT2D eigenvalue weighted by molar-refractivity contribution is 8.15. The van der Waals surface area contributed by atoms with E-state index in [1.54, 1.807) is 48.5 Å². The van der Waals surface area contributed by atoms with E-state index >= 15 is 0 Å². The third kappa shape index (κ3) is 10.1. The number of rotatable bonds is 14. The van der Waals surface area contributed by atoms with E-state index in [9.17, 15) is 13.2 Å². The summed E-state index contributed by atoms with van der Waals surface area (Å²) in [6.07, 6.45) is 12.2. The lowest BCUT2D eigenvalue weighted by Gasteiger charge is -2.19. The number of unbranched alkanes of at least 4 members (excludes halogenated alkanes) is 7. The molecule has 1 amide bonds. The molecule has 1 atom stereocenters. The van der Waals surface area contributed by atoms with Gasteiger partial charge in [0, 0.05) is 0 Å². The van der Waals surface area contributed by atoms with Gasteiger partial charge < -0.3 is 9.50 Å². The molecular formula is C30H41N3O4S2. The van der Waals surface area contributed by atoms with Crippen molar-refractivity contribution in [2.45, 2.75) is 101 Å². The number of nitrogens with one attached hydrogen (secondary N) is 1. The van der Waals surface area contributed by atoms with Crippen molar-refractivity contribution in [3.8, 4) is 5.75 Å². The normalized spacial score (nSPS) is 17.2. The number of nitrogens with zero attached hydrogens (tertiary/aromatic N) is 2. The Labute approximate surface area is 238 Å². The molecule has 39 heavy (non-hydrogen) atoms. The molecule has 2 aromatic rings. The number of amides is 1. The summed E-state index contributed by atoms with van der Waals surface area (Å²) in [5.74, 6) is 0.161. The molecule has 1 fully saturated rings. The highest BCUT2D eigenvalue weighted by atomic mass is 32.2. The van der Waals surface area contributed by atoms with E-state index in [4.69, 9.17) is 4.18 Å². The van der Waals surface area contributed by atoms with Gasteiger partial charge >= 0.3 is 10.1 Å². The van der Waals surface area contributed by atoms with Crippen molar-refractivity contribution < 1.29 is 17.4 Å². The van der Waals surface area contributed by atoms with Crippen LogP contribution < -0.4 is 9.50 Å². The predicted molar refractivity (Wildman–Crippen MR) is 161 cm³/mol. The summed E-state index contributed by atoms with van der Waals surface area (Å²) in [5.41, 5.74) is 1.59. The Morgan fingerprint density at radius 1 is 0.974 bits per heavy atom. The van der Waals surface area contributed by atoms with Crippen molar-refractivity contribution >= 4 is 39.2 Å². The van der Waals surface area contributed by atoms with Crippen LogP contribution in [0.2, 0.25) is 0 Å². The minimum absolute atomic E-state index is 0.0203. The van der Waals surface area contributed by atoms with Crippen LogP contribution in [0.3, 0.4) is 0 Å². The number of amidine groups is 1. The van der Waals surface area contributed by atoms with E-state index in [1.165, 1.54) is 56.5 Å². The molecule has 1 unspecified atom stereocenters. The van der Waals surface area contributed by atoms with E-state index in [0.29, 0.717) is 10.7 Å². The highest BCUT2D eigenvalue weighted by Gasteiger charge is 2.29. The van der Waals surface area contributed by atoms with E-state index in [2.05, 4.69) is 43.2 Å². The monoisotopic (exact) mass is 571 g/mol. The first-order valence-corrected chi connectivity index (χ1v) is 16.1. The Kier molecular flexibility index (Phi) is 11.6. The molecule has 9 heteroatoms. The first-order chi connectivity index (χ1) is 18.6. The Hall–Kier alpha value is -2.65. The molecule has 1 N–H and O–H groups in total. The van der Waals surface area contributed by atoms with Crippen LogP contribution >= 0.6 is 11.8 Å². The van der Waals surface area contributed by atoms with Gasteiger partial charge in [0.25, 0.3) is 0 Å². The number of carbonyl (C=O) groups is 1. The van der Waals surface area contributed by atoms with E-state index in [1.807, 2.05) is 0 Å². The third-order valence-electron chi connectivity index (χ3n) is 6.52. The minimum atomic E-state index is -3.98. The number of hydrogen-bond acceptors (Lipinski definition) is 7. The number of thioether (sulfide) groups is 1. The maximum atomic E-state index is 12.8. The lowest BCUT2D eigenvalue weighted by Crippen LogP contribution is -2.24. The van der Waals surface area contributed by atoms with Gasteiger partial charge in [0.2, 0.25) is 5.91 Å². The zero-order valence-corrected chi connectivity index (χ0v) is 25.1. The molecule has 0 aromatic heterocycles. The van der Waals surface area contributed by atoms with Crippen LogP contribution in [0.15, 0.2) is 63.6 Å². The second-order valence-corrected chi connectivity index (χ2v) is 13.6. The van der Waals surface area contributed by atoms with Crippen LogP contribution in [0.1, 0.15) is 96.6 Å². The van der Waals surface area contributed by atoms with Gasteiger partial charge in [0.15, 0.2) is 5.17 Å². The molecule has 0 bridgehead atoms. The average Bonchev–Trinajstić information content (AvgIpc) is 3.24. The summed E-state index contributed by atoms with van der Waals surface area (Å²) < 4.78 is 30.9. The lowest BCUT2D eigenvalue weighted by molar-refractivity contribution is -0.118. The Morgan fingerprint density at radius 2 is 1.64 bits per heavy atom. The van der Waals surface area contributed by atoms with Crippen LogP contribution in [-0.2, 0) is 20.3 Å². The van der Waals surface area contributed by atoms with Gasteiger partial charge in [-0.1, -0.05) is 115 Å². The highest BCUT2D eigenvalue weighted by Crippen LogP contribution is 2.26. The molecule has 1 aliphatic heterocycles. The molecule has 0 aliphatic carbocycles. The Balaban J connectivity index is 1.50. The molecule has 212 valence electrons. The molecule has 3 rings (SSSR count). The topological polar surface area (TPSA) is 97.2 Å². The third-order valence-corrected chi connectivity index (χ3v) is 8.93. The van der Waals surface area contributed by atoms with Crippen molar-refractivity contribution in [1.29, 1.82) is 0 Å². The van der Waals surface area contributed by atoms with Crippen LogP contribution in [0.5, 0.6) is 5.75 Å². The average molecular weight is 572 g/mol. The van der Waals surface area contributed by atoms with Gasteiger partial charge in [0.1, 0.15) is 10.6 Å². The van der Waals surface area contributed by atoms with Gasteiger partial charge in [-0.15, -0.1) is 5.10 Å². The molecule has 1 aliphatic rings. The van der Waals surface area contributed by atoms with Crippen LogP contribution in [0.25, 0.3) is 0 Å². The van der Waals surface area contributed by atoms with Crippen molar-refractivity contribution in [3.05, 3.63) is 59.7 Å². The zero-order chi connectivity index (χ0) is 28.3. The maximum Gasteiger partial charge on any atom is 0.339 e. The quantitative estimate of drug-likeness (QED) is 0.112. The summed E-state index contributed by atoms with van der Waals surface area (Å²) in [4.78, 5) is 12.4. The zero-order valence-electron chi connectivity index (χ0n) is 23.5. The number of hydrogen-bond donors (Lipinski definition) is 1. The fourth-order valence-electron chi connectivity index (χ4n) is 4.20. The van der Waals surface area contributed by atoms with Crippen LogP contribution in [0.4, 0.5) is 0 Å². The van der Waals surface area contributed by atoms with Gasteiger partial charge in [-0.05, 0) is 47.2 Å². The number of carbonyl (C=O) groups excluding carboxylic acids is 1. The predicted octanol–water partition coefficient (Wildman–Crippen LogP) is 7.20. The fraction of sp³-hybridized carbons (Fsp3) is 0.500. The second-order valence-electron chi connectivity index (χ2n) is 10.9. The first kappa shape index (κ1) is 30.9. The van der Waals surface area contributed by atoms with Crippen molar-refractivity contribution in [3.63, 3.8) is 0 Å². The van der Waals surface area contributed by atoms with Crippen molar-refractivity contribution in [2.24, 2.45) is 10.2 Å². The summed E-state index contributed by atoms with van der Waals surface area (Å²) >= 11 is 1.41. The standard InChI is InChI=1S/C30H41N3O4S2/c1-5-6-7-8-9-10-11-12-16-27-28(34)32-29(38-27)33-31-22-23-14-13-15-25(21-23)37-39(35,36)26-19-17-24(18-20-26)30(2,3)4/h13-15,17-22,27H,5-12,16H2,1-4H3,(H,32,33,34)/b31-22+. The largest absolute Gasteiger partial charge is 0.379 e. The molecule has 2 aromatic carbocycles. The first-order valence-electron chi connectivity index (χ1n) is 13.8. The van der Waals surface area contributed by atoms with E-state index in [0.717, 1.165) is 24.8 Å². The fourth-order valence-corrected chi connectivity index (χ4v) is 6.09. The van der Waals surface area contributed by atoms with E-state index < -0.39 is 10.1 Å². The van der Waals surface area contributed by atoms with Crippen molar-refractivity contribution in [2.75, 3.05) is 0 Å². The van der Waals surface area contributed by atoms with Gasteiger partial charge in [-0.2, -0.15) is 13.5 Å². The van der Waals surface area contributed by atoms with E-state index in [-0.39, 0.29) is 27.2 Å². The summed E-state index contributed by atoms with van der Waals surface area (Å²) in [5, 5.41) is 11.4. The number of benzene rings is 2. The van der Waals surface area contributed by atoms with Crippen LogP contribution in [0, 0.1) is 0 Å². The molecule has 0 radical (unpaired) electrons. The molecule has 0 saturated carbocycles. The molecular weight excluding hydrogens is 530 g/mol. The van der Waals surface area contributed by atoms with Crippen LogP contribution in [-0.4, -0.2) is 31.0 Å². The molecule has 1 saturated heterocycles. The molecule has 0 spiro atoms. The summed E-state index contributed by atoms with van der Waals surface area (Å²) in [6.45, 7) is 8.44. The van der Waals surface area contributed by atoms with Gasteiger partial charge in [-0.3, -0.25) is 4.79 Å². The maximum absolute atomic E-state index is 12.8. The SMILES string of the molecule is CCCCCCCCCCC1S/C(=N\N=C\c2cccc(OS(=O)(=O)c3ccc(C(C)(C)C)cc3)c2)NC1=O. The van der Waals surface area contributed by atoms with Gasteiger partial charge in [-0.25, -0.2) is 0 Å². The van der Waals surface area contributed by atoms with Crippen molar-refractivity contribution in [1.82, 2.24) is 5.32 Å². The van der Waals surface area contributed by atoms with Gasteiger partial charge in [0.05, 0.1) is 11.5 Å². The smallest absolute Gasteiger partial charge is 0.339 e. The second kappa shape index (κ2) is 14.7. The summed E-state index contributed by atoms with van der Waals surface area (Å²) in [6, 6.07) is 13.3. The molecule has 1 heterocycles.